The van der Waals surface area contributed by atoms with Crippen LogP contribution in [0.3, 0.4) is 0 Å². The molecule has 3 heterocycles. The zero-order chi connectivity index (χ0) is 37.3. The molecule has 266 valence electrons. The molecule has 4 aromatic rings. The van der Waals surface area contributed by atoms with Crippen LogP contribution in [0.2, 0.25) is 0 Å². The van der Waals surface area contributed by atoms with Crippen LogP contribution in [0.25, 0.3) is 5.70 Å². The molecule has 2 aliphatic heterocycles. The third-order valence-corrected chi connectivity index (χ3v) is 7.87. The summed E-state index contributed by atoms with van der Waals surface area (Å²) < 4.78 is 37.1. The van der Waals surface area contributed by atoms with Crippen molar-refractivity contribution in [3.05, 3.63) is 113 Å². The Morgan fingerprint density at radius 1 is 1.08 bits per heavy atom. The quantitative estimate of drug-likeness (QED) is 0.201. The number of thiol groups is 1. The lowest BCUT2D eigenvalue weighted by molar-refractivity contribution is -0.127. The standard InChI is InChI=1S/C33H27F2N7O4.C2H6S.CH4S/c1-37-17-29(43)40-18-26-27(19-40)42-30(25(16-38-42)39-31(44)20-8-13-28(46-2)21(14-20)15-36)32(45)41(26)24-11-9-23(10-12-24)33(34,35)22-6-4-3-5-7-22;1-3-2;1-2/h3-14,16,19,26,37H,17-18H2,1-2H3,(H,39,44);1-2H3;2H,1H3/t26-;;/m0../s1. The number of hydrogen-bond acceptors (Lipinski definition) is 9. The molecule has 0 aliphatic carbocycles. The molecule has 1 aromatic heterocycles. The van der Waals surface area contributed by atoms with E-state index in [0.29, 0.717) is 17.1 Å². The van der Waals surface area contributed by atoms with Crippen LogP contribution >= 0.6 is 24.4 Å². The number of amides is 3. The summed E-state index contributed by atoms with van der Waals surface area (Å²) in [6.45, 7) is 0.154. The maximum atomic E-state index is 15.3. The van der Waals surface area contributed by atoms with Gasteiger partial charge in [-0.2, -0.15) is 43.5 Å². The number of rotatable bonds is 8. The highest BCUT2D eigenvalue weighted by Crippen LogP contribution is 2.40. The molecule has 6 rings (SSSR count). The maximum absolute atomic E-state index is 15.3. The minimum Gasteiger partial charge on any atom is -0.495 e. The Labute approximate surface area is 304 Å². The number of carbonyl (C=O) groups is 3. The van der Waals surface area contributed by atoms with Crippen LogP contribution in [0.15, 0.2) is 85.2 Å². The molecule has 0 bridgehead atoms. The minimum atomic E-state index is -3.27. The van der Waals surface area contributed by atoms with Gasteiger partial charge in [-0.1, -0.05) is 42.5 Å². The average molecular weight is 734 g/mol. The molecular weight excluding hydrogens is 697 g/mol. The number of hydrogen-bond donors (Lipinski definition) is 3. The van der Waals surface area contributed by atoms with Gasteiger partial charge in [-0.15, -0.1) is 0 Å². The smallest absolute Gasteiger partial charge is 0.298 e. The van der Waals surface area contributed by atoms with Gasteiger partial charge in [0, 0.05) is 28.6 Å². The van der Waals surface area contributed by atoms with Crippen molar-refractivity contribution >= 4 is 59.2 Å². The van der Waals surface area contributed by atoms with Gasteiger partial charge in [0.25, 0.3) is 17.7 Å². The number of alkyl halides is 2. The number of carbonyl (C=O) groups excluding carboxylic acids is 3. The van der Waals surface area contributed by atoms with Gasteiger partial charge in [-0.05, 0) is 56.1 Å². The van der Waals surface area contributed by atoms with Crippen molar-refractivity contribution < 1.29 is 27.9 Å². The van der Waals surface area contributed by atoms with Gasteiger partial charge in [-0.3, -0.25) is 19.3 Å². The second-order valence-corrected chi connectivity index (χ2v) is 11.8. The lowest BCUT2D eigenvalue weighted by Crippen LogP contribution is -2.50. The number of thioether (sulfide) groups is 1. The second-order valence-electron chi connectivity index (χ2n) is 11.0. The van der Waals surface area contributed by atoms with Crippen LogP contribution in [-0.4, -0.2) is 84.5 Å². The van der Waals surface area contributed by atoms with E-state index < -0.39 is 23.8 Å². The summed E-state index contributed by atoms with van der Waals surface area (Å²) in [7, 11) is 3.05. The average Bonchev–Trinajstić information content (AvgIpc) is 3.78. The number of halogens is 2. The Morgan fingerprint density at radius 3 is 2.33 bits per heavy atom. The van der Waals surface area contributed by atoms with Gasteiger partial charge in [0.2, 0.25) is 5.91 Å². The molecule has 15 heteroatoms. The maximum Gasteiger partial charge on any atom is 0.298 e. The number of benzene rings is 3. The molecule has 0 fully saturated rings. The molecule has 0 unspecified atom stereocenters. The lowest BCUT2D eigenvalue weighted by atomic mass is 9.99. The molecule has 1 atom stereocenters. The SMILES string of the molecule is CNCC(=O)N1C=C2[C@H](C1)N(c1ccc(C(F)(F)c3ccccc3)cc1)C(=O)c1c(NC(=O)c3ccc(OC)c(C#N)c3)cnn12.CS.CSC. The molecule has 3 aromatic carbocycles. The normalized spacial score (nSPS) is 14.5. The van der Waals surface area contributed by atoms with E-state index >= 15 is 8.78 Å². The van der Waals surface area contributed by atoms with Crippen LogP contribution in [0.4, 0.5) is 20.2 Å². The number of aromatic nitrogens is 2. The van der Waals surface area contributed by atoms with Gasteiger partial charge < -0.3 is 20.3 Å². The Kier molecular flexibility index (Phi) is 13.0. The fourth-order valence-corrected chi connectivity index (χ4v) is 5.59. The largest absolute Gasteiger partial charge is 0.495 e. The van der Waals surface area contributed by atoms with E-state index in [2.05, 4.69) is 28.4 Å². The first-order valence-corrected chi connectivity index (χ1v) is 18.0. The van der Waals surface area contributed by atoms with Gasteiger partial charge in [0.1, 0.15) is 11.8 Å². The number of ether oxygens (including phenoxy) is 1. The number of nitriles is 1. The number of likely N-dealkylation sites (N-methyl/N-ethyl adjacent to an activating group) is 1. The van der Waals surface area contributed by atoms with Gasteiger partial charge >= 0.3 is 0 Å². The zero-order valence-corrected chi connectivity index (χ0v) is 30.3. The van der Waals surface area contributed by atoms with Crippen LogP contribution in [0.1, 0.15) is 37.5 Å². The predicted octanol–water partition coefficient (Wildman–Crippen LogP) is 5.57. The Bertz CT molecular complexity index is 1950. The van der Waals surface area contributed by atoms with E-state index in [9.17, 15) is 19.6 Å². The molecule has 0 saturated carbocycles. The molecule has 2 N–H and O–H groups in total. The molecule has 11 nitrogen and oxygen atoms in total. The second kappa shape index (κ2) is 17.2. The number of nitrogens with one attached hydrogen (secondary N) is 2. The Balaban J connectivity index is 0.00000111. The predicted molar refractivity (Wildman–Crippen MR) is 199 cm³/mol. The summed E-state index contributed by atoms with van der Waals surface area (Å²) in [5, 5.41) is 19.3. The molecular formula is C36H37F2N7O4S2. The lowest BCUT2D eigenvalue weighted by Gasteiger charge is -2.35. The first kappa shape index (κ1) is 38.6. The van der Waals surface area contributed by atoms with E-state index in [1.807, 2.05) is 18.6 Å². The first-order chi connectivity index (χ1) is 24.6. The van der Waals surface area contributed by atoms with Crippen molar-refractivity contribution in [1.29, 1.82) is 5.26 Å². The monoisotopic (exact) mass is 733 g/mol. The topological polar surface area (TPSA) is 133 Å². The van der Waals surface area contributed by atoms with Crippen molar-refractivity contribution in [2.45, 2.75) is 12.0 Å². The molecule has 3 amide bonds. The summed E-state index contributed by atoms with van der Waals surface area (Å²) in [5.41, 5.74) is 0.764. The number of fused-ring (bicyclic) bond motifs is 3. The van der Waals surface area contributed by atoms with E-state index in [4.69, 9.17) is 4.74 Å². The van der Waals surface area contributed by atoms with Crippen molar-refractivity contribution in [3.8, 4) is 11.8 Å². The summed E-state index contributed by atoms with van der Waals surface area (Å²) in [4.78, 5) is 43.2. The number of anilines is 2. The van der Waals surface area contributed by atoms with Crippen LogP contribution in [0.5, 0.6) is 5.75 Å². The highest BCUT2D eigenvalue weighted by atomic mass is 32.2. The zero-order valence-electron chi connectivity index (χ0n) is 28.6. The van der Waals surface area contributed by atoms with Crippen molar-refractivity contribution in [2.24, 2.45) is 0 Å². The third-order valence-electron chi connectivity index (χ3n) is 7.87. The summed E-state index contributed by atoms with van der Waals surface area (Å²) >= 11 is 5.28. The van der Waals surface area contributed by atoms with Gasteiger partial charge in [0.05, 0.1) is 49.4 Å². The molecule has 0 saturated heterocycles. The van der Waals surface area contributed by atoms with Crippen LogP contribution in [0, 0.1) is 11.3 Å². The fourth-order valence-electron chi connectivity index (χ4n) is 5.59. The van der Waals surface area contributed by atoms with E-state index in [1.165, 1.54) is 94.5 Å². The summed E-state index contributed by atoms with van der Waals surface area (Å²) in [5.74, 6) is -4.38. The van der Waals surface area contributed by atoms with Gasteiger partial charge in [0.15, 0.2) is 5.69 Å². The molecule has 0 spiro atoms. The number of nitrogens with zero attached hydrogens (tertiary/aromatic N) is 5. The number of methoxy groups -OCH3 is 1. The summed E-state index contributed by atoms with van der Waals surface area (Å²) in [6.07, 6.45) is 8.69. The van der Waals surface area contributed by atoms with Crippen molar-refractivity contribution in [3.63, 3.8) is 0 Å². The Hall–Kier alpha value is -5.17. The van der Waals surface area contributed by atoms with Crippen LogP contribution < -0.4 is 20.3 Å². The molecule has 51 heavy (non-hydrogen) atoms. The van der Waals surface area contributed by atoms with E-state index in [1.54, 1.807) is 37.3 Å². The minimum absolute atomic E-state index is 0.00600. The third kappa shape index (κ3) is 7.93. The van der Waals surface area contributed by atoms with E-state index in [-0.39, 0.29) is 52.6 Å². The highest BCUT2D eigenvalue weighted by Gasteiger charge is 2.45. The summed E-state index contributed by atoms with van der Waals surface area (Å²) in [6, 6.07) is 18.5. The van der Waals surface area contributed by atoms with Crippen molar-refractivity contribution in [2.75, 3.05) is 56.2 Å². The first-order valence-electron chi connectivity index (χ1n) is 15.5. The molecule has 0 radical (unpaired) electrons. The van der Waals surface area contributed by atoms with E-state index in [0.717, 1.165) is 0 Å². The Morgan fingerprint density at radius 2 is 1.73 bits per heavy atom. The van der Waals surface area contributed by atoms with Crippen molar-refractivity contribution in [1.82, 2.24) is 20.0 Å². The van der Waals surface area contributed by atoms with Gasteiger partial charge in [-0.25, -0.2) is 4.68 Å². The van der Waals surface area contributed by atoms with Crippen LogP contribution in [-0.2, 0) is 10.7 Å². The fraction of sp³-hybridized carbons (Fsp3) is 0.250. The molecule has 2 aliphatic rings. The highest BCUT2D eigenvalue weighted by molar-refractivity contribution is 7.97.